The summed E-state index contributed by atoms with van der Waals surface area (Å²) in [6.45, 7) is 5.23. The molecule has 98 valence electrons. The highest BCUT2D eigenvalue weighted by Gasteiger charge is 2.21. The summed E-state index contributed by atoms with van der Waals surface area (Å²) in [6.07, 6.45) is 0. The lowest BCUT2D eigenvalue weighted by atomic mass is 10.1. The quantitative estimate of drug-likeness (QED) is 0.929. The Labute approximate surface area is 115 Å². The van der Waals surface area contributed by atoms with E-state index in [9.17, 15) is 9.59 Å². The molecule has 0 saturated heterocycles. The zero-order valence-corrected chi connectivity index (χ0v) is 12.2. The van der Waals surface area contributed by atoms with E-state index in [1.807, 2.05) is 13.0 Å². The number of hydrogen-bond acceptors (Lipinski definition) is 2. The number of aliphatic carboxylic acids is 1. The number of aryl methyl sites for hydroxylation is 1. The number of nitrogens with zero attached hydrogens (tertiary/aromatic N) is 1. The van der Waals surface area contributed by atoms with Crippen molar-refractivity contribution < 1.29 is 14.7 Å². The molecule has 0 bridgehead atoms. The molecule has 4 nitrogen and oxygen atoms in total. The fourth-order valence-electron chi connectivity index (χ4n) is 1.53. The molecule has 0 heterocycles. The monoisotopic (exact) mass is 313 g/mol. The zero-order chi connectivity index (χ0) is 13.9. The Balaban J connectivity index is 3.02. The molecule has 0 aliphatic heterocycles. The third kappa shape index (κ3) is 3.57. The fourth-order valence-corrected chi connectivity index (χ4v) is 1.91. The van der Waals surface area contributed by atoms with Crippen molar-refractivity contribution in [1.82, 2.24) is 4.90 Å². The molecule has 0 aliphatic carbocycles. The van der Waals surface area contributed by atoms with Crippen LogP contribution in [0.15, 0.2) is 22.7 Å². The van der Waals surface area contributed by atoms with Crippen LogP contribution in [0.3, 0.4) is 0 Å². The third-order valence-electron chi connectivity index (χ3n) is 2.61. The molecular weight excluding hydrogens is 298 g/mol. The van der Waals surface area contributed by atoms with Crippen LogP contribution >= 0.6 is 15.9 Å². The number of carbonyl (C=O) groups excluding carboxylic acids is 1. The smallest absolute Gasteiger partial charge is 0.323 e. The number of carboxylic acid groups (broad SMARTS) is 1. The minimum Gasteiger partial charge on any atom is -0.480 e. The van der Waals surface area contributed by atoms with Crippen LogP contribution in [0.4, 0.5) is 0 Å². The number of benzene rings is 1. The van der Waals surface area contributed by atoms with Gasteiger partial charge in [0.2, 0.25) is 0 Å². The molecule has 5 heteroatoms. The van der Waals surface area contributed by atoms with Crippen LogP contribution in [0, 0.1) is 6.92 Å². The van der Waals surface area contributed by atoms with Crippen LogP contribution in [0.2, 0.25) is 0 Å². The van der Waals surface area contributed by atoms with Gasteiger partial charge in [-0.15, -0.1) is 0 Å². The maximum Gasteiger partial charge on any atom is 0.323 e. The molecule has 1 aromatic rings. The Morgan fingerprint density at radius 1 is 1.39 bits per heavy atom. The van der Waals surface area contributed by atoms with Crippen LogP contribution in [-0.4, -0.2) is 34.5 Å². The van der Waals surface area contributed by atoms with Crippen LogP contribution in [0.5, 0.6) is 0 Å². The summed E-state index contributed by atoms with van der Waals surface area (Å²) in [5.74, 6) is -1.28. The average molecular weight is 314 g/mol. The highest BCUT2D eigenvalue weighted by Crippen LogP contribution is 2.19. The number of amides is 1. The van der Waals surface area contributed by atoms with E-state index in [2.05, 4.69) is 15.9 Å². The Morgan fingerprint density at radius 3 is 2.44 bits per heavy atom. The summed E-state index contributed by atoms with van der Waals surface area (Å²) in [5.41, 5.74) is 1.52. The molecule has 0 radical (unpaired) electrons. The van der Waals surface area contributed by atoms with Gasteiger partial charge in [-0.1, -0.05) is 22.0 Å². The van der Waals surface area contributed by atoms with Crippen LogP contribution in [0.25, 0.3) is 0 Å². The van der Waals surface area contributed by atoms with Gasteiger partial charge < -0.3 is 10.0 Å². The molecule has 0 spiro atoms. The molecule has 0 fully saturated rings. The molecular formula is C13H16BrNO3. The second kappa shape index (κ2) is 6.00. The first-order valence-corrected chi connectivity index (χ1v) is 6.41. The van der Waals surface area contributed by atoms with E-state index in [0.717, 1.165) is 10.0 Å². The van der Waals surface area contributed by atoms with Gasteiger partial charge in [-0.05, 0) is 38.5 Å². The maximum atomic E-state index is 12.2. The highest BCUT2D eigenvalue weighted by molar-refractivity contribution is 9.10. The summed E-state index contributed by atoms with van der Waals surface area (Å²) in [7, 11) is 0. The molecule has 18 heavy (non-hydrogen) atoms. The van der Waals surface area contributed by atoms with E-state index in [4.69, 9.17) is 5.11 Å². The molecule has 1 rings (SSSR count). The fraction of sp³-hybridized carbons (Fsp3) is 0.385. The summed E-state index contributed by atoms with van der Waals surface area (Å²) < 4.78 is 0.840. The highest BCUT2D eigenvalue weighted by atomic mass is 79.9. The predicted octanol–water partition coefficient (Wildman–Crippen LogP) is 2.69. The standard InChI is InChI=1S/C13H16BrNO3/c1-8(2)15(7-12(16)17)13(18)10-5-4-9(3)11(14)6-10/h4-6,8H,7H2,1-3H3,(H,16,17). The lowest BCUT2D eigenvalue weighted by Gasteiger charge is -2.25. The van der Waals surface area contributed by atoms with Crippen molar-refractivity contribution in [1.29, 1.82) is 0 Å². The summed E-state index contributed by atoms with van der Waals surface area (Å²) >= 11 is 3.36. The summed E-state index contributed by atoms with van der Waals surface area (Å²) in [5, 5.41) is 8.82. The first kappa shape index (κ1) is 14.7. The van der Waals surface area contributed by atoms with E-state index < -0.39 is 5.97 Å². The minimum absolute atomic E-state index is 0.159. The van der Waals surface area contributed by atoms with Gasteiger partial charge in [0, 0.05) is 16.1 Å². The first-order chi connectivity index (χ1) is 8.32. The largest absolute Gasteiger partial charge is 0.480 e. The van der Waals surface area contributed by atoms with E-state index in [1.165, 1.54) is 4.90 Å². The van der Waals surface area contributed by atoms with Gasteiger partial charge in [0.1, 0.15) is 6.54 Å². The molecule has 0 unspecified atom stereocenters. The van der Waals surface area contributed by atoms with Gasteiger partial charge in [-0.25, -0.2) is 0 Å². The Hall–Kier alpha value is -1.36. The predicted molar refractivity (Wildman–Crippen MR) is 72.7 cm³/mol. The second-order valence-corrected chi connectivity index (χ2v) is 5.24. The van der Waals surface area contributed by atoms with Crippen molar-refractivity contribution in [3.8, 4) is 0 Å². The number of hydrogen-bond donors (Lipinski definition) is 1. The van der Waals surface area contributed by atoms with Crippen LogP contribution < -0.4 is 0 Å². The Bertz CT molecular complexity index is 471. The Kier molecular flexibility index (Phi) is 4.90. The lowest BCUT2D eigenvalue weighted by Crippen LogP contribution is -2.40. The zero-order valence-electron chi connectivity index (χ0n) is 10.6. The summed E-state index contributed by atoms with van der Waals surface area (Å²) in [6, 6.07) is 5.10. The Morgan fingerprint density at radius 2 is 2.00 bits per heavy atom. The SMILES string of the molecule is Cc1ccc(C(=O)N(CC(=O)O)C(C)C)cc1Br. The minimum atomic E-state index is -1.01. The molecule has 1 amide bonds. The number of rotatable bonds is 4. The van der Waals surface area contributed by atoms with Gasteiger partial charge in [-0.3, -0.25) is 9.59 Å². The van der Waals surface area contributed by atoms with E-state index in [0.29, 0.717) is 5.56 Å². The van der Waals surface area contributed by atoms with Crippen molar-refractivity contribution in [2.75, 3.05) is 6.54 Å². The van der Waals surface area contributed by atoms with Gasteiger partial charge in [0.05, 0.1) is 0 Å². The molecule has 0 saturated carbocycles. The molecule has 0 atom stereocenters. The topological polar surface area (TPSA) is 57.6 Å². The number of halogens is 1. The number of carbonyl (C=O) groups is 2. The van der Waals surface area contributed by atoms with E-state index in [-0.39, 0.29) is 18.5 Å². The molecule has 1 aromatic carbocycles. The average Bonchev–Trinajstić information content (AvgIpc) is 2.28. The van der Waals surface area contributed by atoms with Crippen molar-refractivity contribution in [3.63, 3.8) is 0 Å². The second-order valence-electron chi connectivity index (χ2n) is 4.38. The van der Waals surface area contributed by atoms with Crippen molar-refractivity contribution in [2.45, 2.75) is 26.8 Å². The van der Waals surface area contributed by atoms with Crippen molar-refractivity contribution >= 4 is 27.8 Å². The van der Waals surface area contributed by atoms with E-state index >= 15 is 0 Å². The molecule has 1 N–H and O–H groups in total. The van der Waals surface area contributed by atoms with Crippen LogP contribution in [-0.2, 0) is 4.79 Å². The van der Waals surface area contributed by atoms with Crippen LogP contribution in [0.1, 0.15) is 29.8 Å². The molecule has 0 aromatic heterocycles. The van der Waals surface area contributed by atoms with Crippen molar-refractivity contribution in [3.05, 3.63) is 33.8 Å². The van der Waals surface area contributed by atoms with Gasteiger partial charge >= 0.3 is 5.97 Å². The van der Waals surface area contributed by atoms with Gasteiger partial charge in [0.15, 0.2) is 0 Å². The number of carboxylic acids is 1. The van der Waals surface area contributed by atoms with Crippen molar-refractivity contribution in [2.24, 2.45) is 0 Å². The molecule has 0 aliphatic rings. The maximum absolute atomic E-state index is 12.2. The summed E-state index contributed by atoms with van der Waals surface area (Å²) in [4.78, 5) is 24.3. The van der Waals surface area contributed by atoms with Gasteiger partial charge in [0.25, 0.3) is 5.91 Å². The van der Waals surface area contributed by atoms with E-state index in [1.54, 1.807) is 26.0 Å². The van der Waals surface area contributed by atoms with Gasteiger partial charge in [-0.2, -0.15) is 0 Å². The lowest BCUT2D eigenvalue weighted by molar-refractivity contribution is -0.138. The third-order valence-corrected chi connectivity index (χ3v) is 3.46. The normalized spacial score (nSPS) is 10.5. The first-order valence-electron chi connectivity index (χ1n) is 5.62.